The Bertz CT molecular complexity index is 1340. The van der Waals surface area contributed by atoms with Gasteiger partial charge < -0.3 is 9.45 Å². The van der Waals surface area contributed by atoms with Crippen LogP contribution in [0.15, 0.2) is 71.7 Å². The van der Waals surface area contributed by atoms with Gasteiger partial charge in [-0.1, -0.05) is 34.7 Å². The van der Waals surface area contributed by atoms with E-state index >= 15 is 0 Å². The number of allylic oxidation sites excluding steroid dienone is 4. The molecule has 2 aromatic rings. The molecule has 38 heavy (non-hydrogen) atoms. The van der Waals surface area contributed by atoms with Crippen LogP contribution >= 0.6 is 0 Å². The van der Waals surface area contributed by atoms with Gasteiger partial charge in [-0.2, -0.15) is 24.3 Å². The van der Waals surface area contributed by atoms with Crippen LogP contribution in [-0.2, 0) is 20.7 Å². The Labute approximate surface area is 249 Å². The van der Waals surface area contributed by atoms with Gasteiger partial charge in [0.05, 0.1) is 0 Å². The van der Waals surface area contributed by atoms with Crippen LogP contribution in [0, 0.1) is 12.0 Å². The van der Waals surface area contributed by atoms with E-state index in [9.17, 15) is 13.0 Å². The summed E-state index contributed by atoms with van der Waals surface area (Å²) >= 11 is 0. The maximum Gasteiger partial charge on any atom is 1.00 e. The molecular formula is C27H33N2NaO6S2. The predicted molar refractivity (Wildman–Crippen MR) is 143 cm³/mol. The van der Waals surface area contributed by atoms with Crippen molar-refractivity contribution in [3.63, 3.8) is 0 Å². The second kappa shape index (κ2) is 16.1. The summed E-state index contributed by atoms with van der Waals surface area (Å²) in [7, 11) is -7.74. The summed E-state index contributed by atoms with van der Waals surface area (Å²) in [5.41, 5.74) is 3.68. The molecule has 0 saturated heterocycles. The zero-order valence-electron chi connectivity index (χ0n) is 22.5. The Kier molecular flexibility index (Phi) is 14.4. The molecule has 200 valence electrons. The monoisotopic (exact) mass is 568 g/mol. The molecule has 0 aromatic heterocycles. The molecule has 0 amide bonds. The van der Waals surface area contributed by atoms with E-state index in [-0.39, 0.29) is 46.3 Å². The van der Waals surface area contributed by atoms with Crippen LogP contribution in [-0.4, -0.2) is 62.1 Å². The van der Waals surface area contributed by atoms with Crippen LogP contribution in [0.2, 0.25) is 0 Å². The van der Waals surface area contributed by atoms with Gasteiger partial charge in [-0.05, 0) is 51.7 Å². The number of anilines is 1. The van der Waals surface area contributed by atoms with Crippen LogP contribution in [0.5, 0.6) is 0 Å². The fourth-order valence-corrected chi connectivity index (χ4v) is 5.26. The molecule has 0 radical (unpaired) electrons. The van der Waals surface area contributed by atoms with Crippen molar-refractivity contribution in [1.82, 2.24) is 0 Å². The zero-order chi connectivity index (χ0) is 27.6. The minimum absolute atomic E-state index is 0. The molecule has 0 bridgehead atoms. The van der Waals surface area contributed by atoms with Gasteiger partial charge in [-0.15, -0.1) is 18.2 Å². The van der Waals surface area contributed by atoms with Crippen molar-refractivity contribution in [2.75, 3.05) is 31.1 Å². The minimum atomic E-state index is -4.63. The first kappa shape index (κ1) is 33.9. The van der Waals surface area contributed by atoms with E-state index in [4.69, 9.17) is 12.6 Å². The molecule has 1 unspecified atom stereocenters. The maximum absolute atomic E-state index is 12.1. The SMILES string of the molecule is CCN(CC)c1ccc(C(c2c[c-]ccc2S(=O)(=O)[O-])C2C=CC(=[N+](CC)CC)C=C2)cc1.O=S(=O)=O.[Na+]. The van der Waals surface area contributed by atoms with E-state index in [0.717, 1.165) is 43.1 Å². The molecule has 0 N–H and O–H groups in total. The molecular weight excluding hydrogens is 535 g/mol. The zero-order valence-corrected chi connectivity index (χ0v) is 26.1. The summed E-state index contributed by atoms with van der Waals surface area (Å²) in [6.45, 7) is 12.1. The van der Waals surface area contributed by atoms with E-state index in [1.165, 1.54) is 12.1 Å². The largest absolute Gasteiger partial charge is 1.00 e. The Morgan fingerprint density at radius 2 is 1.50 bits per heavy atom. The summed E-state index contributed by atoms with van der Waals surface area (Å²) < 4.78 is 63.9. The summed E-state index contributed by atoms with van der Waals surface area (Å²) in [5, 5.41) is 0. The second-order valence-electron chi connectivity index (χ2n) is 8.26. The number of rotatable bonds is 9. The van der Waals surface area contributed by atoms with Gasteiger partial charge in [0, 0.05) is 30.9 Å². The van der Waals surface area contributed by atoms with Crippen LogP contribution in [0.3, 0.4) is 0 Å². The predicted octanol–water partition coefficient (Wildman–Crippen LogP) is 0.604. The van der Waals surface area contributed by atoms with E-state index in [1.54, 1.807) is 6.07 Å². The van der Waals surface area contributed by atoms with Gasteiger partial charge in [0.25, 0.3) is 0 Å². The fraction of sp³-hybridized carbons (Fsp3) is 0.370. The van der Waals surface area contributed by atoms with Crippen molar-refractivity contribution in [1.29, 1.82) is 0 Å². The van der Waals surface area contributed by atoms with Crippen molar-refractivity contribution in [2.24, 2.45) is 5.92 Å². The Morgan fingerprint density at radius 1 is 0.974 bits per heavy atom. The third-order valence-corrected chi connectivity index (χ3v) is 7.24. The van der Waals surface area contributed by atoms with E-state index in [1.807, 2.05) is 12.1 Å². The first-order valence-corrected chi connectivity index (χ1v) is 14.5. The van der Waals surface area contributed by atoms with Gasteiger partial charge in [0.15, 0.2) is 5.71 Å². The van der Waals surface area contributed by atoms with Crippen LogP contribution in [0.25, 0.3) is 0 Å². The molecule has 1 atom stereocenters. The van der Waals surface area contributed by atoms with Crippen LogP contribution in [0.4, 0.5) is 5.69 Å². The minimum Gasteiger partial charge on any atom is -0.746 e. The Morgan fingerprint density at radius 3 is 1.95 bits per heavy atom. The Balaban J connectivity index is 0.00000135. The second-order valence-corrected chi connectivity index (χ2v) is 10.0. The fourth-order valence-electron chi connectivity index (χ4n) is 4.55. The summed E-state index contributed by atoms with van der Waals surface area (Å²) in [6.07, 6.45) is 8.38. The molecule has 0 saturated carbocycles. The van der Waals surface area contributed by atoms with Crippen molar-refractivity contribution in [3.05, 3.63) is 84.0 Å². The first-order valence-electron chi connectivity index (χ1n) is 12.1. The molecule has 0 aliphatic heterocycles. The molecule has 2 aromatic carbocycles. The van der Waals surface area contributed by atoms with Gasteiger partial charge >= 0.3 is 40.2 Å². The van der Waals surface area contributed by atoms with E-state index < -0.39 is 20.7 Å². The van der Waals surface area contributed by atoms with Crippen molar-refractivity contribution < 1.29 is 59.7 Å². The van der Waals surface area contributed by atoms with Gasteiger partial charge in [-0.3, -0.25) is 0 Å². The van der Waals surface area contributed by atoms with Gasteiger partial charge in [0.2, 0.25) is 0 Å². The summed E-state index contributed by atoms with van der Waals surface area (Å²) in [6, 6.07) is 15.7. The molecule has 0 heterocycles. The van der Waals surface area contributed by atoms with Crippen LogP contribution < -0.4 is 34.5 Å². The topological polar surface area (TPSA) is 115 Å². The first-order chi connectivity index (χ1) is 17.6. The van der Waals surface area contributed by atoms with Gasteiger partial charge in [0.1, 0.15) is 23.2 Å². The summed E-state index contributed by atoms with van der Waals surface area (Å²) in [5.74, 6) is -0.419. The number of nitrogens with zero attached hydrogens (tertiary/aromatic N) is 2. The molecule has 1 aliphatic carbocycles. The maximum atomic E-state index is 12.1. The van der Waals surface area contributed by atoms with E-state index in [2.05, 4.69) is 79.7 Å². The molecule has 3 rings (SSSR count). The smallest absolute Gasteiger partial charge is 0.746 e. The number of hydrogen-bond acceptors (Lipinski definition) is 7. The number of benzene rings is 2. The number of hydrogen-bond donors (Lipinski definition) is 0. The third kappa shape index (κ3) is 9.29. The standard InChI is InChI=1S/C27H34N2O3S.Na.O3S/c1-5-28(6-2)23-17-13-21(14-18-23)27(25-11-9-10-12-26(25)33(30,31)32)22-15-19-24(20-16-22)29(7-3)8-4;;1-4(2)3/h10-21,27H,5-8H2,1-4H3,(H,30,31,32);;/q;+1;/p-1. The molecule has 11 heteroatoms. The molecule has 0 spiro atoms. The quantitative estimate of drug-likeness (QED) is 0.188. The van der Waals surface area contributed by atoms with E-state index in [0.29, 0.717) is 5.56 Å². The average molecular weight is 569 g/mol. The summed E-state index contributed by atoms with van der Waals surface area (Å²) in [4.78, 5) is 2.08. The van der Waals surface area contributed by atoms with Crippen molar-refractivity contribution in [3.8, 4) is 0 Å². The van der Waals surface area contributed by atoms with Crippen LogP contribution in [0.1, 0.15) is 44.7 Å². The average Bonchev–Trinajstić information content (AvgIpc) is 2.87. The molecule has 8 nitrogen and oxygen atoms in total. The molecule has 1 aliphatic rings. The normalized spacial score (nSPS) is 15.1. The Hall–Kier alpha value is -2.08. The van der Waals surface area contributed by atoms with Crippen molar-refractivity contribution in [2.45, 2.75) is 38.5 Å². The molecule has 0 fully saturated rings. The van der Waals surface area contributed by atoms with Crippen molar-refractivity contribution >= 4 is 32.1 Å². The van der Waals surface area contributed by atoms with Gasteiger partial charge in [-0.25, -0.2) is 13.0 Å². The third-order valence-electron chi connectivity index (χ3n) is 6.33.